The van der Waals surface area contributed by atoms with Crippen LogP contribution in [0.2, 0.25) is 0 Å². The number of carbonyl (C=O) groups is 4. The summed E-state index contributed by atoms with van der Waals surface area (Å²) in [7, 11) is 4.48. The van der Waals surface area contributed by atoms with E-state index in [4.69, 9.17) is 18.9 Å². The summed E-state index contributed by atoms with van der Waals surface area (Å²) in [4.78, 5) is 58.1. The van der Waals surface area contributed by atoms with Gasteiger partial charge in [-0.25, -0.2) is 0 Å². The average molecular weight is 482 g/mol. The summed E-state index contributed by atoms with van der Waals surface area (Å²) in [6, 6.07) is -1.45. The summed E-state index contributed by atoms with van der Waals surface area (Å²) >= 11 is 0. The van der Waals surface area contributed by atoms with Gasteiger partial charge in [-0.3, -0.25) is 19.2 Å². The number of hydrogen-bond acceptors (Lipinski definition) is 8. The second-order valence-corrected chi connectivity index (χ2v) is 9.54. The topological polar surface area (TPSA) is 115 Å². The van der Waals surface area contributed by atoms with E-state index in [2.05, 4.69) is 0 Å². The lowest BCUT2D eigenvalue weighted by Gasteiger charge is -2.56. The first-order valence-corrected chi connectivity index (χ1v) is 12.0. The van der Waals surface area contributed by atoms with Crippen LogP contribution in [0.5, 0.6) is 0 Å². The lowest BCUT2D eigenvalue weighted by molar-refractivity contribution is -0.184. The molecule has 4 aliphatic rings. The van der Waals surface area contributed by atoms with Gasteiger partial charge in [-0.2, -0.15) is 0 Å². The normalized spacial score (nSPS) is 28.5. The van der Waals surface area contributed by atoms with Crippen molar-refractivity contribution in [2.75, 3.05) is 47.8 Å². The van der Waals surface area contributed by atoms with E-state index in [9.17, 15) is 19.2 Å². The zero-order valence-corrected chi connectivity index (χ0v) is 20.2. The Hall–Kier alpha value is -2.08. The number of carbonyl (C=O) groups excluding carboxylic acids is 4. The number of nitrogens with zero attached hydrogens (tertiary/aromatic N) is 3. The largest absolute Gasteiger partial charge is 0.359 e. The Bertz CT molecular complexity index is 810. The summed E-state index contributed by atoms with van der Waals surface area (Å²) < 4.78 is 21.3. The zero-order valence-electron chi connectivity index (χ0n) is 20.2. The highest BCUT2D eigenvalue weighted by Crippen LogP contribution is 2.39. The summed E-state index contributed by atoms with van der Waals surface area (Å²) in [5, 5.41) is 0. The Morgan fingerprint density at radius 3 is 2.38 bits per heavy atom. The zero-order chi connectivity index (χ0) is 24.5. The van der Waals surface area contributed by atoms with Crippen LogP contribution in [0.25, 0.3) is 0 Å². The molecule has 3 saturated heterocycles. The van der Waals surface area contributed by atoms with Crippen LogP contribution in [0.4, 0.5) is 0 Å². The number of ether oxygens (including phenoxy) is 4. The smallest absolute Gasteiger partial charge is 0.294 e. The molecular weight excluding hydrogens is 446 g/mol. The van der Waals surface area contributed by atoms with Crippen LogP contribution in [0, 0.1) is 0 Å². The highest BCUT2D eigenvalue weighted by Gasteiger charge is 2.56. The van der Waals surface area contributed by atoms with Gasteiger partial charge in [-0.1, -0.05) is 0 Å². The van der Waals surface area contributed by atoms with Crippen molar-refractivity contribution in [2.45, 2.75) is 75.0 Å². The molecule has 3 amide bonds. The van der Waals surface area contributed by atoms with E-state index in [0.29, 0.717) is 25.7 Å². The number of hydrogen-bond donors (Lipinski definition) is 0. The number of fused-ring (bicyclic) bond motifs is 4. The van der Waals surface area contributed by atoms with Crippen molar-refractivity contribution in [3.05, 3.63) is 0 Å². The van der Waals surface area contributed by atoms with Gasteiger partial charge in [0.1, 0.15) is 25.0 Å². The van der Waals surface area contributed by atoms with Gasteiger partial charge in [0.2, 0.25) is 11.8 Å². The minimum atomic E-state index is -1.19. The number of piperidine rings is 1. The van der Waals surface area contributed by atoms with Crippen molar-refractivity contribution >= 4 is 23.5 Å². The van der Waals surface area contributed by atoms with Gasteiger partial charge in [0.15, 0.2) is 6.29 Å². The second-order valence-electron chi connectivity index (χ2n) is 9.54. The van der Waals surface area contributed by atoms with Crippen molar-refractivity contribution in [1.29, 1.82) is 0 Å². The molecule has 3 aliphatic heterocycles. The predicted octanol–water partition coefficient (Wildman–Crippen LogP) is -0.0896. The molecule has 11 heteroatoms. The van der Waals surface area contributed by atoms with Crippen LogP contribution in [0.3, 0.4) is 0 Å². The van der Waals surface area contributed by atoms with E-state index >= 15 is 0 Å². The molecule has 34 heavy (non-hydrogen) atoms. The Labute approximate surface area is 199 Å². The van der Waals surface area contributed by atoms with Crippen molar-refractivity contribution < 1.29 is 38.1 Å². The predicted molar refractivity (Wildman–Crippen MR) is 117 cm³/mol. The molecule has 4 fully saturated rings. The van der Waals surface area contributed by atoms with E-state index in [0.717, 1.165) is 19.3 Å². The molecule has 4 rings (SSSR count). The SMILES string of the molecule is COCOC1(C(=O)C(=O)N2[C@@H]3CCC[C@H]2[C@H]2CN(CC(OC)OC)C(=O)CN2C3=O)CCCC1. The molecule has 0 aromatic carbocycles. The molecule has 0 aromatic rings. The minimum absolute atomic E-state index is 0.0481. The maximum Gasteiger partial charge on any atom is 0.294 e. The molecule has 1 aliphatic carbocycles. The Morgan fingerprint density at radius 1 is 1.03 bits per heavy atom. The third-order valence-corrected chi connectivity index (χ3v) is 7.75. The Balaban J connectivity index is 1.58. The van der Waals surface area contributed by atoms with Crippen molar-refractivity contribution in [2.24, 2.45) is 0 Å². The molecule has 3 atom stereocenters. The number of Topliss-reactive ketones (excluding diaryl/α,β-unsaturated/α-hetero) is 1. The molecular formula is C23H35N3O8. The van der Waals surface area contributed by atoms with Crippen molar-refractivity contribution in [1.82, 2.24) is 14.7 Å². The van der Waals surface area contributed by atoms with E-state index < -0.39 is 29.6 Å². The van der Waals surface area contributed by atoms with Gasteiger partial charge in [-0.05, 0) is 44.9 Å². The highest BCUT2D eigenvalue weighted by molar-refractivity contribution is 6.39. The van der Waals surface area contributed by atoms with Crippen LogP contribution in [0.1, 0.15) is 44.9 Å². The van der Waals surface area contributed by atoms with Gasteiger partial charge in [0.05, 0.1) is 18.6 Å². The van der Waals surface area contributed by atoms with Crippen LogP contribution in [-0.4, -0.2) is 116 Å². The molecule has 2 bridgehead atoms. The Morgan fingerprint density at radius 2 is 1.74 bits per heavy atom. The molecule has 0 radical (unpaired) electrons. The number of methoxy groups -OCH3 is 3. The number of piperazine rings is 2. The molecule has 3 heterocycles. The maximum absolute atomic E-state index is 13.7. The fourth-order valence-corrected chi connectivity index (χ4v) is 5.96. The highest BCUT2D eigenvalue weighted by atomic mass is 16.7. The summed E-state index contributed by atoms with van der Waals surface area (Å²) in [5.41, 5.74) is -1.19. The molecule has 1 saturated carbocycles. The summed E-state index contributed by atoms with van der Waals surface area (Å²) in [5.74, 6) is -1.70. The quantitative estimate of drug-likeness (QED) is 0.332. The van der Waals surface area contributed by atoms with E-state index in [1.165, 1.54) is 26.2 Å². The Kier molecular flexibility index (Phi) is 7.56. The fraction of sp³-hybridized carbons (Fsp3) is 0.826. The summed E-state index contributed by atoms with van der Waals surface area (Å²) in [6.07, 6.45) is 3.85. The first-order chi connectivity index (χ1) is 16.4. The first kappa shape index (κ1) is 25.0. The van der Waals surface area contributed by atoms with Gasteiger partial charge in [-0.15, -0.1) is 0 Å². The van der Waals surface area contributed by atoms with Gasteiger partial charge in [0.25, 0.3) is 11.7 Å². The molecule has 0 unspecified atom stereocenters. The van der Waals surface area contributed by atoms with E-state index in [1.54, 1.807) is 9.80 Å². The van der Waals surface area contributed by atoms with Crippen LogP contribution >= 0.6 is 0 Å². The fourth-order valence-electron chi connectivity index (χ4n) is 5.96. The number of amides is 3. The van der Waals surface area contributed by atoms with Gasteiger partial charge in [0, 0.05) is 27.9 Å². The molecule has 0 aromatic heterocycles. The van der Waals surface area contributed by atoms with Crippen LogP contribution in [-0.2, 0) is 38.1 Å². The van der Waals surface area contributed by atoms with Crippen molar-refractivity contribution in [3.8, 4) is 0 Å². The number of ketones is 1. The van der Waals surface area contributed by atoms with Crippen LogP contribution < -0.4 is 0 Å². The van der Waals surface area contributed by atoms with Gasteiger partial charge >= 0.3 is 0 Å². The third-order valence-electron chi connectivity index (χ3n) is 7.75. The molecule has 190 valence electrons. The second kappa shape index (κ2) is 10.3. The first-order valence-electron chi connectivity index (χ1n) is 12.0. The van der Waals surface area contributed by atoms with E-state index in [-0.39, 0.29) is 50.3 Å². The minimum Gasteiger partial charge on any atom is -0.359 e. The summed E-state index contributed by atoms with van der Waals surface area (Å²) in [6.45, 7) is 0.363. The maximum atomic E-state index is 13.7. The third kappa shape index (κ3) is 4.34. The van der Waals surface area contributed by atoms with E-state index in [1.807, 2.05) is 0 Å². The number of rotatable bonds is 9. The lowest BCUT2D eigenvalue weighted by atomic mass is 9.82. The standard InChI is InChI=1S/C23H35N3O8/c1-31-14-34-23(9-4-5-10-23)20(28)22(30)26-15-7-6-8-16(26)21(29)25-12-18(27)24(11-17(15)25)13-19(32-2)33-3/h15-17,19H,4-14H2,1-3H3/t15-,16+,17+/m0/s1. The lowest BCUT2D eigenvalue weighted by Crippen LogP contribution is -2.75. The molecule has 11 nitrogen and oxygen atoms in total. The molecule has 0 N–H and O–H groups in total. The van der Waals surface area contributed by atoms with Crippen molar-refractivity contribution in [3.63, 3.8) is 0 Å². The molecule has 0 spiro atoms. The van der Waals surface area contributed by atoms with Gasteiger partial charge < -0.3 is 33.6 Å². The monoisotopic (exact) mass is 481 g/mol. The van der Waals surface area contributed by atoms with Crippen LogP contribution in [0.15, 0.2) is 0 Å². The average Bonchev–Trinajstić information content (AvgIpc) is 3.34.